The largest absolute Gasteiger partial charge is 0.338 e. The van der Waals surface area contributed by atoms with Crippen LogP contribution in [0.4, 0.5) is 4.79 Å². The third-order valence-electron chi connectivity index (χ3n) is 5.21. The van der Waals surface area contributed by atoms with E-state index in [-0.39, 0.29) is 24.5 Å². The minimum absolute atomic E-state index is 0.00501. The molecule has 1 atom stereocenters. The molecular formula is C21H23N3O2. The van der Waals surface area contributed by atoms with Crippen LogP contribution in [-0.4, -0.2) is 47.9 Å². The third-order valence-corrected chi connectivity index (χ3v) is 5.21. The van der Waals surface area contributed by atoms with E-state index < -0.39 is 0 Å². The Morgan fingerprint density at radius 2 is 1.81 bits per heavy atom. The molecule has 0 aromatic heterocycles. The fourth-order valence-electron chi connectivity index (χ4n) is 3.91. The predicted molar refractivity (Wildman–Crippen MR) is 99.7 cm³/mol. The van der Waals surface area contributed by atoms with E-state index in [0.29, 0.717) is 19.6 Å². The average Bonchev–Trinajstić information content (AvgIpc) is 2.69. The van der Waals surface area contributed by atoms with Crippen LogP contribution in [0.25, 0.3) is 0 Å². The summed E-state index contributed by atoms with van der Waals surface area (Å²) < 4.78 is 0. The molecule has 26 heavy (non-hydrogen) atoms. The van der Waals surface area contributed by atoms with Crippen molar-refractivity contribution in [1.82, 2.24) is 15.1 Å². The second-order valence-electron chi connectivity index (χ2n) is 6.86. The summed E-state index contributed by atoms with van der Waals surface area (Å²) in [6, 6.07) is 18.2. The summed E-state index contributed by atoms with van der Waals surface area (Å²) in [5, 5.41) is 2.82. The zero-order valence-corrected chi connectivity index (χ0v) is 14.7. The maximum absolute atomic E-state index is 13.1. The summed E-state index contributed by atoms with van der Waals surface area (Å²) in [6.07, 6.45) is 1.72. The van der Waals surface area contributed by atoms with Crippen molar-refractivity contribution < 1.29 is 9.59 Å². The SMILES string of the molecule is O=C1NCCCN1CC(=O)N1CCc2ccccc2[C@@H]1c1ccccc1. The van der Waals surface area contributed by atoms with Gasteiger partial charge in [-0.3, -0.25) is 4.79 Å². The fraction of sp³-hybridized carbons (Fsp3) is 0.333. The highest BCUT2D eigenvalue weighted by molar-refractivity contribution is 5.85. The van der Waals surface area contributed by atoms with Gasteiger partial charge >= 0.3 is 6.03 Å². The minimum atomic E-state index is -0.140. The van der Waals surface area contributed by atoms with Crippen LogP contribution >= 0.6 is 0 Å². The van der Waals surface area contributed by atoms with Crippen LogP contribution in [-0.2, 0) is 11.2 Å². The fourth-order valence-corrected chi connectivity index (χ4v) is 3.91. The highest BCUT2D eigenvalue weighted by atomic mass is 16.2. The van der Waals surface area contributed by atoms with Gasteiger partial charge in [0.25, 0.3) is 0 Å². The molecule has 0 bridgehead atoms. The molecule has 2 heterocycles. The number of benzene rings is 2. The first-order valence-corrected chi connectivity index (χ1v) is 9.19. The van der Waals surface area contributed by atoms with Crippen LogP contribution in [0.15, 0.2) is 54.6 Å². The number of hydrogen-bond acceptors (Lipinski definition) is 2. The van der Waals surface area contributed by atoms with Crippen molar-refractivity contribution >= 4 is 11.9 Å². The molecule has 1 saturated heterocycles. The van der Waals surface area contributed by atoms with Gasteiger partial charge in [0.05, 0.1) is 6.04 Å². The van der Waals surface area contributed by atoms with Crippen molar-refractivity contribution in [2.75, 3.05) is 26.2 Å². The zero-order chi connectivity index (χ0) is 17.9. The Balaban J connectivity index is 1.64. The van der Waals surface area contributed by atoms with E-state index >= 15 is 0 Å². The van der Waals surface area contributed by atoms with Gasteiger partial charge in [0.15, 0.2) is 0 Å². The summed E-state index contributed by atoms with van der Waals surface area (Å²) in [7, 11) is 0. The average molecular weight is 349 g/mol. The Bertz CT molecular complexity index is 806. The number of urea groups is 1. The normalized spacial score (nSPS) is 19.7. The van der Waals surface area contributed by atoms with Gasteiger partial charge in [-0.15, -0.1) is 0 Å². The van der Waals surface area contributed by atoms with E-state index in [1.165, 1.54) is 11.1 Å². The minimum Gasteiger partial charge on any atom is -0.338 e. The summed E-state index contributed by atoms with van der Waals surface area (Å²) in [6.45, 7) is 2.13. The number of nitrogens with one attached hydrogen (secondary N) is 1. The van der Waals surface area contributed by atoms with Crippen molar-refractivity contribution in [3.8, 4) is 0 Å². The van der Waals surface area contributed by atoms with Crippen LogP contribution in [0.2, 0.25) is 0 Å². The molecule has 0 spiro atoms. The number of hydrogen-bond donors (Lipinski definition) is 1. The maximum Gasteiger partial charge on any atom is 0.317 e. The quantitative estimate of drug-likeness (QED) is 0.926. The summed E-state index contributed by atoms with van der Waals surface area (Å²) in [5.41, 5.74) is 3.58. The van der Waals surface area contributed by atoms with E-state index in [1.54, 1.807) is 4.90 Å². The monoisotopic (exact) mass is 349 g/mol. The van der Waals surface area contributed by atoms with Gasteiger partial charge in [-0.2, -0.15) is 0 Å². The van der Waals surface area contributed by atoms with Crippen molar-refractivity contribution in [2.24, 2.45) is 0 Å². The lowest BCUT2D eigenvalue weighted by atomic mass is 9.88. The molecule has 4 rings (SSSR count). The van der Waals surface area contributed by atoms with Crippen LogP contribution < -0.4 is 5.32 Å². The van der Waals surface area contributed by atoms with E-state index in [2.05, 4.69) is 35.6 Å². The Morgan fingerprint density at radius 1 is 1.04 bits per heavy atom. The first-order valence-electron chi connectivity index (χ1n) is 9.19. The van der Waals surface area contributed by atoms with E-state index in [4.69, 9.17) is 0 Å². The lowest BCUT2D eigenvalue weighted by Crippen LogP contribution is -2.52. The number of rotatable bonds is 3. The summed E-state index contributed by atoms with van der Waals surface area (Å²) >= 11 is 0. The second-order valence-corrected chi connectivity index (χ2v) is 6.86. The van der Waals surface area contributed by atoms with Crippen LogP contribution in [0.1, 0.15) is 29.2 Å². The van der Waals surface area contributed by atoms with Gasteiger partial charge in [-0.25, -0.2) is 4.79 Å². The van der Waals surface area contributed by atoms with E-state index in [1.807, 2.05) is 29.2 Å². The molecule has 2 aromatic rings. The summed E-state index contributed by atoms with van der Waals surface area (Å²) in [5.74, 6) is 0.00501. The van der Waals surface area contributed by atoms with Gasteiger partial charge in [0, 0.05) is 19.6 Å². The Kier molecular flexibility index (Phi) is 4.61. The first-order chi connectivity index (χ1) is 12.7. The van der Waals surface area contributed by atoms with Crippen molar-refractivity contribution in [2.45, 2.75) is 18.9 Å². The van der Waals surface area contributed by atoms with Gasteiger partial charge in [0.2, 0.25) is 5.91 Å². The summed E-state index contributed by atoms with van der Waals surface area (Å²) in [4.78, 5) is 28.7. The number of carbonyl (C=O) groups is 2. The number of carbonyl (C=O) groups excluding carboxylic acids is 2. The third kappa shape index (κ3) is 3.17. The van der Waals surface area contributed by atoms with Crippen molar-refractivity contribution in [3.05, 3.63) is 71.3 Å². The molecule has 134 valence electrons. The van der Waals surface area contributed by atoms with Crippen LogP contribution in [0.3, 0.4) is 0 Å². The molecule has 5 heteroatoms. The van der Waals surface area contributed by atoms with Gasteiger partial charge in [-0.1, -0.05) is 54.6 Å². The molecule has 0 saturated carbocycles. The lowest BCUT2D eigenvalue weighted by Gasteiger charge is -2.39. The molecule has 0 unspecified atom stereocenters. The molecule has 2 aromatic carbocycles. The highest BCUT2D eigenvalue weighted by Crippen LogP contribution is 2.35. The maximum atomic E-state index is 13.1. The number of fused-ring (bicyclic) bond motifs is 1. The standard InChI is InChI=1S/C21H23N3O2/c25-19(15-23-13-6-12-22-21(23)26)24-14-11-16-7-4-5-10-18(16)20(24)17-8-2-1-3-9-17/h1-5,7-10,20H,6,11-15H2,(H,22,26)/t20-/m0/s1. The number of nitrogens with zero attached hydrogens (tertiary/aromatic N) is 2. The highest BCUT2D eigenvalue weighted by Gasteiger charge is 2.33. The van der Waals surface area contributed by atoms with E-state index in [0.717, 1.165) is 18.4 Å². The van der Waals surface area contributed by atoms with Gasteiger partial charge in [-0.05, 0) is 29.5 Å². The predicted octanol–water partition coefficient (Wildman–Crippen LogP) is 2.58. The molecule has 5 nitrogen and oxygen atoms in total. The van der Waals surface area contributed by atoms with Crippen LogP contribution in [0.5, 0.6) is 0 Å². The molecule has 2 aliphatic heterocycles. The number of amides is 3. The van der Waals surface area contributed by atoms with Crippen molar-refractivity contribution in [3.63, 3.8) is 0 Å². The molecule has 2 aliphatic rings. The molecule has 3 amide bonds. The first kappa shape index (κ1) is 16.6. The Labute approximate surface area is 153 Å². The Hall–Kier alpha value is -2.82. The molecule has 1 fully saturated rings. The zero-order valence-electron chi connectivity index (χ0n) is 14.7. The Morgan fingerprint density at radius 3 is 2.62 bits per heavy atom. The molecule has 0 radical (unpaired) electrons. The second kappa shape index (κ2) is 7.20. The van der Waals surface area contributed by atoms with Gasteiger partial charge in [0.1, 0.15) is 6.54 Å². The smallest absolute Gasteiger partial charge is 0.317 e. The lowest BCUT2D eigenvalue weighted by molar-refractivity contribution is -0.134. The van der Waals surface area contributed by atoms with Crippen molar-refractivity contribution in [1.29, 1.82) is 0 Å². The van der Waals surface area contributed by atoms with Gasteiger partial charge < -0.3 is 15.1 Å². The van der Waals surface area contributed by atoms with Crippen LogP contribution in [0, 0.1) is 0 Å². The van der Waals surface area contributed by atoms with E-state index in [9.17, 15) is 9.59 Å². The molecule has 0 aliphatic carbocycles. The topological polar surface area (TPSA) is 52.7 Å². The molecule has 1 N–H and O–H groups in total. The molecular weight excluding hydrogens is 326 g/mol.